The average Bonchev–Trinajstić information content (AvgIpc) is 3.10. The van der Waals surface area contributed by atoms with Crippen molar-refractivity contribution < 1.29 is 9.84 Å². The number of nitrogens with two attached hydrogens (primary N) is 1. The Kier molecular flexibility index (Phi) is 5.36. The molecule has 3 heterocycles. The number of anilines is 2. The van der Waals surface area contributed by atoms with E-state index >= 15 is 0 Å². The van der Waals surface area contributed by atoms with Crippen LogP contribution in [0.5, 0.6) is 5.75 Å². The molecule has 3 aromatic rings. The number of β-amino-alcohol motifs (C(OH)–C–C–N with tert-alkyl or cyclic N) is 1. The topological polar surface area (TPSA) is 101 Å². The zero-order valence-corrected chi connectivity index (χ0v) is 16.3. The lowest BCUT2D eigenvalue weighted by Crippen LogP contribution is -2.50. The van der Waals surface area contributed by atoms with Gasteiger partial charge in [-0.1, -0.05) is 11.6 Å². The van der Waals surface area contributed by atoms with Gasteiger partial charge < -0.3 is 20.9 Å². The molecular formula is C19H23ClN6O2. The molecule has 0 amide bonds. The fourth-order valence-corrected chi connectivity index (χ4v) is 3.66. The summed E-state index contributed by atoms with van der Waals surface area (Å²) in [6.45, 7) is 2.07. The summed E-state index contributed by atoms with van der Waals surface area (Å²) in [5, 5.41) is 18.3. The Hall–Kier alpha value is -2.39. The molecule has 1 fully saturated rings. The molecule has 0 unspecified atom stereocenters. The zero-order valence-electron chi connectivity index (χ0n) is 15.5. The SMILES string of the molecule is COc1ccc(Cl)c(Nc2ncnn3ccc(CN4CC[C@@H](N)[C@H](O)C4)c23)c1. The first-order chi connectivity index (χ1) is 13.5. The van der Waals surface area contributed by atoms with Crippen LogP contribution >= 0.6 is 11.6 Å². The van der Waals surface area contributed by atoms with Crippen LogP contribution in [-0.4, -0.2) is 56.9 Å². The van der Waals surface area contributed by atoms with Crippen LogP contribution in [0.1, 0.15) is 12.0 Å². The fraction of sp³-hybridized carbons (Fsp3) is 0.368. The van der Waals surface area contributed by atoms with E-state index in [1.165, 1.54) is 6.33 Å². The van der Waals surface area contributed by atoms with Crippen LogP contribution in [0.15, 0.2) is 36.8 Å². The van der Waals surface area contributed by atoms with E-state index in [1.54, 1.807) is 23.8 Å². The summed E-state index contributed by atoms with van der Waals surface area (Å²) < 4.78 is 7.07. The molecule has 0 saturated carbocycles. The van der Waals surface area contributed by atoms with E-state index in [9.17, 15) is 5.11 Å². The molecule has 1 aromatic carbocycles. The maximum Gasteiger partial charge on any atom is 0.158 e. The molecule has 1 aliphatic heterocycles. The lowest BCUT2D eigenvalue weighted by molar-refractivity contribution is 0.0501. The molecule has 9 heteroatoms. The highest BCUT2D eigenvalue weighted by atomic mass is 35.5. The van der Waals surface area contributed by atoms with Gasteiger partial charge in [0.25, 0.3) is 0 Å². The third kappa shape index (κ3) is 3.77. The first-order valence-corrected chi connectivity index (χ1v) is 9.50. The largest absolute Gasteiger partial charge is 0.497 e. The number of aliphatic hydroxyl groups excluding tert-OH is 1. The highest BCUT2D eigenvalue weighted by molar-refractivity contribution is 6.33. The number of nitrogens with zero attached hydrogens (tertiary/aromatic N) is 4. The molecule has 148 valence electrons. The number of piperidine rings is 1. The third-order valence-electron chi connectivity index (χ3n) is 5.08. The molecule has 0 radical (unpaired) electrons. The monoisotopic (exact) mass is 402 g/mol. The quantitative estimate of drug-likeness (QED) is 0.600. The molecule has 4 N–H and O–H groups in total. The fourth-order valence-electron chi connectivity index (χ4n) is 3.49. The Morgan fingerprint density at radius 1 is 1.39 bits per heavy atom. The van der Waals surface area contributed by atoms with Crippen molar-refractivity contribution in [2.24, 2.45) is 5.73 Å². The summed E-state index contributed by atoms with van der Waals surface area (Å²) in [5.41, 5.74) is 8.55. The molecule has 2 atom stereocenters. The van der Waals surface area contributed by atoms with Crippen LogP contribution in [0.2, 0.25) is 5.02 Å². The van der Waals surface area contributed by atoms with E-state index in [0.717, 1.165) is 24.0 Å². The molecule has 0 bridgehead atoms. The van der Waals surface area contributed by atoms with Crippen molar-refractivity contribution in [3.8, 4) is 5.75 Å². The summed E-state index contributed by atoms with van der Waals surface area (Å²) in [4.78, 5) is 6.61. The number of benzene rings is 1. The van der Waals surface area contributed by atoms with Crippen molar-refractivity contribution in [2.45, 2.75) is 25.1 Å². The van der Waals surface area contributed by atoms with E-state index in [0.29, 0.717) is 35.4 Å². The van der Waals surface area contributed by atoms with Crippen LogP contribution in [0.3, 0.4) is 0 Å². The number of methoxy groups -OCH3 is 1. The predicted molar refractivity (Wildman–Crippen MR) is 108 cm³/mol. The normalized spacial score (nSPS) is 20.4. The Balaban J connectivity index is 1.64. The number of fused-ring (bicyclic) bond motifs is 1. The Morgan fingerprint density at radius 3 is 3.04 bits per heavy atom. The molecule has 2 aromatic heterocycles. The van der Waals surface area contributed by atoms with Crippen LogP contribution < -0.4 is 15.8 Å². The number of aromatic nitrogens is 3. The van der Waals surface area contributed by atoms with Gasteiger partial charge in [0.2, 0.25) is 0 Å². The van der Waals surface area contributed by atoms with E-state index in [2.05, 4.69) is 20.3 Å². The number of aliphatic hydroxyl groups is 1. The number of likely N-dealkylation sites (tertiary alicyclic amines) is 1. The Bertz CT molecular complexity index is 978. The van der Waals surface area contributed by atoms with Gasteiger partial charge >= 0.3 is 0 Å². The lowest BCUT2D eigenvalue weighted by atomic mass is 10.0. The lowest BCUT2D eigenvalue weighted by Gasteiger charge is -2.33. The Labute approximate surface area is 167 Å². The van der Waals surface area contributed by atoms with Crippen molar-refractivity contribution in [2.75, 3.05) is 25.5 Å². The number of rotatable bonds is 5. The van der Waals surface area contributed by atoms with E-state index in [1.807, 2.05) is 18.3 Å². The molecule has 0 aliphatic carbocycles. The predicted octanol–water partition coefficient (Wildman–Crippen LogP) is 2.03. The number of hydrogen-bond donors (Lipinski definition) is 3. The summed E-state index contributed by atoms with van der Waals surface area (Å²) >= 11 is 6.34. The van der Waals surface area contributed by atoms with Crippen LogP contribution in [0, 0.1) is 0 Å². The van der Waals surface area contributed by atoms with Crippen molar-refractivity contribution in [1.82, 2.24) is 19.5 Å². The molecule has 0 spiro atoms. The Morgan fingerprint density at radius 2 is 2.25 bits per heavy atom. The van der Waals surface area contributed by atoms with Crippen LogP contribution in [0.25, 0.3) is 5.52 Å². The molecule has 1 aliphatic rings. The summed E-state index contributed by atoms with van der Waals surface area (Å²) in [6.07, 6.45) is 3.66. The van der Waals surface area contributed by atoms with Crippen molar-refractivity contribution in [1.29, 1.82) is 0 Å². The number of ether oxygens (including phenoxy) is 1. The van der Waals surface area contributed by atoms with Crippen molar-refractivity contribution in [3.05, 3.63) is 47.4 Å². The highest BCUT2D eigenvalue weighted by Gasteiger charge is 2.25. The molecule has 28 heavy (non-hydrogen) atoms. The number of nitrogens with one attached hydrogen (secondary N) is 1. The second kappa shape index (κ2) is 7.92. The van der Waals surface area contributed by atoms with Gasteiger partial charge in [-0.3, -0.25) is 4.90 Å². The second-order valence-electron chi connectivity index (χ2n) is 6.97. The molecule has 1 saturated heterocycles. The van der Waals surface area contributed by atoms with Gasteiger partial charge in [-0.25, -0.2) is 9.50 Å². The van der Waals surface area contributed by atoms with Gasteiger partial charge in [0, 0.05) is 37.9 Å². The van der Waals surface area contributed by atoms with Gasteiger partial charge in [-0.15, -0.1) is 0 Å². The number of halogens is 1. The van der Waals surface area contributed by atoms with E-state index in [-0.39, 0.29) is 6.04 Å². The van der Waals surface area contributed by atoms with Gasteiger partial charge in [-0.2, -0.15) is 5.10 Å². The first kappa shape index (κ1) is 18.9. The van der Waals surface area contributed by atoms with Crippen molar-refractivity contribution in [3.63, 3.8) is 0 Å². The van der Waals surface area contributed by atoms with Gasteiger partial charge in [0.05, 0.1) is 23.9 Å². The molecular weight excluding hydrogens is 380 g/mol. The van der Waals surface area contributed by atoms with Crippen LogP contribution in [-0.2, 0) is 6.54 Å². The highest BCUT2D eigenvalue weighted by Crippen LogP contribution is 2.31. The standard InChI is InChI=1S/C19H23ClN6O2/c1-28-13-2-3-14(20)16(8-13)24-19-18-12(4-7-26(18)23-11-22-19)9-25-6-5-15(21)17(27)10-25/h2-4,7-8,11,15,17,27H,5-6,9-10,21H2,1H3,(H,22,23,24)/t15-,17-/m1/s1. The molecule has 4 rings (SSSR count). The number of hydrogen-bond acceptors (Lipinski definition) is 7. The zero-order chi connectivity index (χ0) is 19.7. The minimum Gasteiger partial charge on any atom is -0.497 e. The van der Waals surface area contributed by atoms with Gasteiger partial charge in [0.15, 0.2) is 5.82 Å². The maximum atomic E-state index is 10.1. The van der Waals surface area contributed by atoms with Crippen molar-refractivity contribution >= 4 is 28.6 Å². The van der Waals surface area contributed by atoms with Gasteiger partial charge in [0.1, 0.15) is 17.6 Å². The molecule has 8 nitrogen and oxygen atoms in total. The summed E-state index contributed by atoms with van der Waals surface area (Å²) in [6, 6.07) is 7.27. The summed E-state index contributed by atoms with van der Waals surface area (Å²) in [7, 11) is 1.61. The third-order valence-corrected chi connectivity index (χ3v) is 5.41. The minimum absolute atomic E-state index is 0.155. The second-order valence-corrected chi connectivity index (χ2v) is 7.38. The maximum absolute atomic E-state index is 10.1. The smallest absolute Gasteiger partial charge is 0.158 e. The average molecular weight is 403 g/mol. The van der Waals surface area contributed by atoms with Crippen LogP contribution in [0.4, 0.5) is 11.5 Å². The first-order valence-electron chi connectivity index (χ1n) is 9.13. The minimum atomic E-state index is -0.507. The van der Waals surface area contributed by atoms with Gasteiger partial charge in [-0.05, 0) is 30.2 Å². The summed E-state index contributed by atoms with van der Waals surface area (Å²) in [5.74, 6) is 1.35. The van der Waals surface area contributed by atoms with E-state index < -0.39 is 6.10 Å². The van der Waals surface area contributed by atoms with E-state index in [4.69, 9.17) is 22.1 Å².